The van der Waals surface area contributed by atoms with Gasteiger partial charge in [0.2, 0.25) is 17.7 Å². The smallest absolute Gasteiger partial charge is 0.329 e. The van der Waals surface area contributed by atoms with Crippen molar-refractivity contribution in [3.8, 4) is 0 Å². The topological polar surface area (TPSA) is 143 Å². The largest absolute Gasteiger partial charge is 0.456 e. The Morgan fingerprint density at radius 1 is 0.944 bits per heavy atom. The highest BCUT2D eigenvalue weighted by Crippen LogP contribution is 2.12. The highest BCUT2D eigenvalue weighted by atomic mass is 32.1. The van der Waals surface area contributed by atoms with Gasteiger partial charge in [0.05, 0.1) is 6.42 Å². The zero-order valence-corrected chi connectivity index (χ0v) is 23.2. The molecule has 0 aromatic carbocycles. The highest BCUT2D eigenvalue weighted by molar-refractivity contribution is 7.80. The Labute approximate surface area is 223 Å². The molecule has 1 aliphatic rings. The molecular weight excluding hydrogens is 504 g/mol. The van der Waals surface area contributed by atoms with Crippen LogP contribution in [0.2, 0.25) is 0 Å². The molecule has 0 radical (unpaired) electrons. The first-order valence-electron chi connectivity index (χ1n) is 11.9. The fraction of sp³-hybridized carbons (Fsp3) is 0.625. The summed E-state index contributed by atoms with van der Waals surface area (Å²) >= 11 is 8.31. The standard InChI is InChI=1S/C24H38N4O6S2/c1-6-16-21(30)28-20(14(4)5)24(33)34-15(9-7-8-10-35)11-18(29)27-19(13(2)3)23(32)26-17(12-36)22(31)25-16/h6-7,9,13-15,17,19-20,35-36H,8,10-12H2,1-5H3,(H,25,31)(H,26,32)(H,27,29)(H,28,30)/b9-7+,16-6-/t15-,17-,19?,20+/m1/s1. The Morgan fingerprint density at radius 3 is 2.11 bits per heavy atom. The molecule has 0 bridgehead atoms. The van der Waals surface area contributed by atoms with Crippen LogP contribution in [0.25, 0.3) is 0 Å². The molecule has 0 aromatic rings. The van der Waals surface area contributed by atoms with E-state index in [4.69, 9.17) is 4.74 Å². The van der Waals surface area contributed by atoms with E-state index in [0.717, 1.165) is 0 Å². The number of thiol groups is 2. The monoisotopic (exact) mass is 542 g/mol. The summed E-state index contributed by atoms with van der Waals surface area (Å²) in [4.78, 5) is 64.5. The van der Waals surface area contributed by atoms with Gasteiger partial charge in [0.25, 0.3) is 5.91 Å². The zero-order chi connectivity index (χ0) is 27.4. The van der Waals surface area contributed by atoms with E-state index < -0.39 is 53.8 Å². The predicted molar refractivity (Wildman–Crippen MR) is 143 cm³/mol. The van der Waals surface area contributed by atoms with Crippen molar-refractivity contribution in [2.75, 3.05) is 11.5 Å². The molecule has 202 valence electrons. The number of ether oxygens (including phenoxy) is 1. The van der Waals surface area contributed by atoms with Gasteiger partial charge in [-0.2, -0.15) is 25.3 Å². The molecule has 1 fully saturated rings. The SMILES string of the molecule is C/C=C1\NC(=O)[C@@H](CS)NC(=O)C(C(C)C)NC(=O)C[C@@H](/C=C/CCS)OC(=O)[C@H](C(C)C)NC1=O. The lowest BCUT2D eigenvalue weighted by molar-refractivity contribution is -0.153. The fourth-order valence-electron chi connectivity index (χ4n) is 3.30. The number of hydrogen-bond acceptors (Lipinski definition) is 8. The second-order valence-corrected chi connectivity index (χ2v) is 9.85. The second kappa shape index (κ2) is 15.6. The van der Waals surface area contributed by atoms with E-state index in [1.54, 1.807) is 46.8 Å². The average Bonchev–Trinajstić information content (AvgIpc) is 2.81. The summed E-state index contributed by atoms with van der Waals surface area (Å²) in [7, 11) is 0. The summed E-state index contributed by atoms with van der Waals surface area (Å²) in [5, 5.41) is 10.3. The number of rotatable bonds is 6. The van der Waals surface area contributed by atoms with Crippen LogP contribution in [0.4, 0.5) is 0 Å². The van der Waals surface area contributed by atoms with Crippen molar-refractivity contribution in [2.24, 2.45) is 11.8 Å². The van der Waals surface area contributed by atoms with Gasteiger partial charge in [0.1, 0.15) is 29.9 Å². The third-order valence-electron chi connectivity index (χ3n) is 5.38. The molecule has 10 nitrogen and oxygen atoms in total. The maximum Gasteiger partial charge on any atom is 0.329 e. The normalized spacial score (nSPS) is 26.6. The molecular formula is C24H38N4O6S2. The van der Waals surface area contributed by atoms with Crippen LogP contribution in [0.15, 0.2) is 23.9 Å². The molecule has 4 atom stereocenters. The van der Waals surface area contributed by atoms with Crippen LogP contribution >= 0.6 is 25.3 Å². The quantitative estimate of drug-likeness (QED) is 0.127. The molecule has 1 unspecified atom stereocenters. The molecule has 1 heterocycles. The summed E-state index contributed by atoms with van der Waals surface area (Å²) in [6.45, 7) is 8.51. The van der Waals surface area contributed by atoms with Gasteiger partial charge < -0.3 is 26.0 Å². The van der Waals surface area contributed by atoms with Crippen molar-refractivity contribution >= 4 is 54.9 Å². The minimum absolute atomic E-state index is 0.0477. The molecule has 12 heteroatoms. The number of carbonyl (C=O) groups excluding carboxylic acids is 5. The fourth-order valence-corrected chi connectivity index (χ4v) is 3.70. The van der Waals surface area contributed by atoms with Gasteiger partial charge in [0, 0.05) is 5.75 Å². The van der Waals surface area contributed by atoms with E-state index in [2.05, 4.69) is 46.5 Å². The number of carbonyl (C=O) groups is 5. The molecule has 1 aliphatic heterocycles. The maximum absolute atomic E-state index is 13.0. The predicted octanol–water partition coefficient (Wildman–Crippen LogP) is 0.894. The number of nitrogens with one attached hydrogen (secondary N) is 4. The Bertz CT molecular complexity index is 875. The molecule has 0 aromatic heterocycles. The van der Waals surface area contributed by atoms with Crippen molar-refractivity contribution in [3.05, 3.63) is 23.9 Å². The Balaban J connectivity index is 3.43. The van der Waals surface area contributed by atoms with Gasteiger partial charge in [-0.3, -0.25) is 19.2 Å². The van der Waals surface area contributed by atoms with Crippen molar-refractivity contribution in [2.45, 2.75) is 71.7 Å². The third kappa shape index (κ3) is 9.88. The molecule has 0 saturated carbocycles. The molecule has 4 N–H and O–H groups in total. The zero-order valence-electron chi connectivity index (χ0n) is 21.4. The van der Waals surface area contributed by atoms with Crippen LogP contribution in [0.3, 0.4) is 0 Å². The molecule has 36 heavy (non-hydrogen) atoms. The maximum atomic E-state index is 13.0. The van der Waals surface area contributed by atoms with Crippen LogP contribution in [0.5, 0.6) is 0 Å². The van der Waals surface area contributed by atoms with Crippen LogP contribution in [-0.2, 0) is 28.7 Å². The molecule has 4 amide bonds. The van der Waals surface area contributed by atoms with Crippen molar-refractivity contribution in [1.29, 1.82) is 0 Å². The summed E-state index contributed by atoms with van der Waals surface area (Å²) < 4.78 is 5.59. The van der Waals surface area contributed by atoms with E-state index in [1.165, 1.54) is 6.08 Å². The first-order chi connectivity index (χ1) is 16.9. The lowest BCUT2D eigenvalue weighted by atomic mass is 10.0. The Kier molecular flexibility index (Phi) is 13.7. The third-order valence-corrected chi connectivity index (χ3v) is 6.00. The summed E-state index contributed by atoms with van der Waals surface area (Å²) in [5.41, 5.74) is -0.0921. The van der Waals surface area contributed by atoms with Gasteiger partial charge >= 0.3 is 5.97 Å². The number of hydrogen-bond donors (Lipinski definition) is 6. The van der Waals surface area contributed by atoms with E-state index >= 15 is 0 Å². The number of amides is 4. The van der Waals surface area contributed by atoms with Crippen molar-refractivity contribution in [1.82, 2.24) is 21.3 Å². The Morgan fingerprint density at radius 2 is 1.58 bits per heavy atom. The molecule has 1 rings (SSSR count). The van der Waals surface area contributed by atoms with E-state index in [1.807, 2.05) is 0 Å². The highest BCUT2D eigenvalue weighted by Gasteiger charge is 2.33. The first kappa shape index (κ1) is 31.6. The van der Waals surface area contributed by atoms with Crippen LogP contribution < -0.4 is 21.3 Å². The summed E-state index contributed by atoms with van der Waals surface area (Å²) in [6, 6.07) is -3.06. The lowest BCUT2D eigenvalue weighted by Gasteiger charge is -2.27. The molecule has 0 aliphatic carbocycles. The van der Waals surface area contributed by atoms with Crippen LogP contribution in [-0.4, -0.2) is 65.3 Å². The van der Waals surface area contributed by atoms with Gasteiger partial charge in [-0.25, -0.2) is 4.79 Å². The van der Waals surface area contributed by atoms with Crippen LogP contribution in [0, 0.1) is 11.8 Å². The lowest BCUT2D eigenvalue weighted by Crippen LogP contribution is -2.57. The molecule has 0 spiro atoms. The van der Waals surface area contributed by atoms with Gasteiger partial charge in [-0.1, -0.05) is 39.8 Å². The number of allylic oxidation sites excluding steroid dienone is 2. The second-order valence-electron chi connectivity index (χ2n) is 9.04. The van der Waals surface area contributed by atoms with Crippen LogP contribution in [0.1, 0.15) is 47.5 Å². The minimum atomic E-state index is -1.07. The average molecular weight is 543 g/mol. The van der Waals surface area contributed by atoms with Crippen molar-refractivity contribution < 1.29 is 28.7 Å². The summed E-state index contributed by atoms with van der Waals surface area (Å²) in [5.74, 6) is -3.32. The van der Waals surface area contributed by atoms with E-state index in [9.17, 15) is 24.0 Å². The minimum Gasteiger partial charge on any atom is -0.456 e. The van der Waals surface area contributed by atoms with Gasteiger partial charge in [-0.15, -0.1) is 0 Å². The van der Waals surface area contributed by atoms with Gasteiger partial charge in [-0.05, 0) is 37.0 Å². The van der Waals surface area contributed by atoms with Crippen molar-refractivity contribution in [3.63, 3.8) is 0 Å². The van der Waals surface area contributed by atoms with E-state index in [-0.39, 0.29) is 29.7 Å². The summed E-state index contributed by atoms with van der Waals surface area (Å²) in [6.07, 6.45) is 4.16. The van der Waals surface area contributed by atoms with Gasteiger partial charge in [0.15, 0.2) is 0 Å². The molecule has 1 saturated heterocycles. The first-order valence-corrected chi connectivity index (χ1v) is 13.2. The Hall–Kier alpha value is -2.47. The number of esters is 1. The number of cyclic esters (lactones) is 1. The van der Waals surface area contributed by atoms with E-state index in [0.29, 0.717) is 12.2 Å².